The molecule has 1 saturated heterocycles. The van der Waals surface area contributed by atoms with E-state index in [4.69, 9.17) is 0 Å². The molecule has 2 aliphatic rings. The highest BCUT2D eigenvalue weighted by Gasteiger charge is 2.32. The normalized spacial score (nSPS) is 22.9. The number of rotatable bonds is 3. The van der Waals surface area contributed by atoms with E-state index < -0.39 is 0 Å². The van der Waals surface area contributed by atoms with Crippen molar-refractivity contribution in [3.05, 3.63) is 29.8 Å². The Morgan fingerprint density at radius 1 is 1.25 bits per heavy atom. The van der Waals surface area contributed by atoms with Gasteiger partial charge >= 0.3 is 0 Å². The molecule has 1 aromatic rings. The van der Waals surface area contributed by atoms with Crippen LogP contribution in [0.1, 0.15) is 5.56 Å². The number of hydrogen-bond acceptors (Lipinski definition) is 3. The number of benzene rings is 1. The molecule has 1 aromatic carbocycles. The van der Waals surface area contributed by atoms with Gasteiger partial charge in [-0.2, -0.15) is 0 Å². The maximum absolute atomic E-state index is 12.6. The van der Waals surface area contributed by atoms with Gasteiger partial charge in [-0.05, 0) is 18.1 Å². The summed E-state index contributed by atoms with van der Waals surface area (Å²) in [6.45, 7) is 4.83. The van der Waals surface area contributed by atoms with E-state index in [-0.39, 0.29) is 5.25 Å². The predicted octanol–water partition coefficient (Wildman–Crippen LogP) is 2.24. The Hall–Kier alpha value is -0.520. The summed E-state index contributed by atoms with van der Waals surface area (Å²) in [6.07, 6.45) is 0.890. The van der Waals surface area contributed by atoms with Crippen LogP contribution in [0.5, 0.6) is 0 Å². The standard InChI is InChI=1S/C15H19BrN2OS/c16-5-6-17-7-9-18(10-8-17)15(19)14-11-12-3-1-2-4-13(12)20-14/h1-4,14H,5-11H2. The lowest BCUT2D eigenvalue weighted by Crippen LogP contribution is -2.51. The smallest absolute Gasteiger partial charge is 0.236 e. The summed E-state index contributed by atoms with van der Waals surface area (Å²) in [7, 11) is 0. The predicted molar refractivity (Wildman–Crippen MR) is 86.6 cm³/mol. The fourth-order valence-corrected chi connectivity index (χ4v) is 4.62. The van der Waals surface area contributed by atoms with Crippen LogP contribution >= 0.6 is 27.7 Å². The summed E-state index contributed by atoms with van der Waals surface area (Å²) in [5.74, 6) is 0.324. The highest BCUT2D eigenvalue weighted by atomic mass is 79.9. The van der Waals surface area contributed by atoms with Gasteiger partial charge in [0.2, 0.25) is 5.91 Å². The van der Waals surface area contributed by atoms with Crippen molar-refractivity contribution < 1.29 is 4.79 Å². The van der Waals surface area contributed by atoms with Crippen LogP contribution in [0.4, 0.5) is 0 Å². The zero-order valence-corrected chi connectivity index (χ0v) is 13.8. The molecule has 0 aliphatic carbocycles. The van der Waals surface area contributed by atoms with Crippen LogP contribution in [0.3, 0.4) is 0 Å². The molecule has 1 atom stereocenters. The van der Waals surface area contributed by atoms with Crippen LogP contribution < -0.4 is 0 Å². The minimum atomic E-state index is 0.0927. The first-order chi connectivity index (χ1) is 9.78. The lowest BCUT2D eigenvalue weighted by Gasteiger charge is -2.35. The van der Waals surface area contributed by atoms with E-state index in [2.05, 4.69) is 45.1 Å². The van der Waals surface area contributed by atoms with Crippen molar-refractivity contribution in [1.29, 1.82) is 0 Å². The van der Waals surface area contributed by atoms with Crippen molar-refractivity contribution in [2.24, 2.45) is 0 Å². The molecule has 2 aliphatic heterocycles. The number of piperazine rings is 1. The van der Waals surface area contributed by atoms with Gasteiger partial charge in [-0.25, -0.2) is 0 Å². The third-order valence-electron chi connectivity index (χ3n) is 4.01. The second-order valence-corrected chi connectivity index (χ2v) is 7.31. The Labute approximate surface area is 132 Å². The summed E-state index contributed by atoms with van der Waals surface area (Å²) < 4.78 is 0. The highest BCUT2D eigenvalue weighted by Crippen LogP contribution is 2.37. The quantitative estimate of drug-likeness (QED) is 0.777. The van der Waals surface area contributed by atoms with Gasteiger partial charge in [0.05, 0.1) is 5.25 Å². The number of carbonyl (C=O) groups is 1. The van der Waals surface area contributed by atoms with E-state index in [0.29, 0.717) is 5.91 Å². The Morgan fingerprint density at radius 2 is 2.00 bits per heavy atom. The molecule has 20 heavy (non-hydrogen) atoms. The van der Waals surface area contributed by atoms with Crippen molar-refractivity contribution in [2.75, 3.05) is 38.1 Å². The van der Waals surface area contributed by atoms with Crippen LogP contribution in [-0.2, 0) is 11.2 Å². The van der Waals surface area contributed by atoms with Crippen LogP contribution in [0.2, 0.25) is 0 Å². The summed E-state index contributed by atoms with van der Waals surface area (Å²) in [5, 5.41) is 1.10. The molecule has 0 N–H and O–H groups in total. The number of carbonyl (C=O) groups excluding carboxylic acids is 1. The molecule has 5 heteroatoms. The molecule has 1 amide bonds. The SMILES string of the molecule is O=C(C1Cc2ccccc2S1)N1CCN(CCBr)CC1. The molecule has 0 spiro atoms. The van der Waals surface area contributed by atoms with Crippen molar-refractivity contribution in [1.82, 2.24) is 9.80 Å². The van der Waals surface area contributed by atoms with Crippen molar-refractivity contribution >= 4 is 33.6 Å². The topological polar surface area (TPSA) is 23.6 Å². The van der Waals surface area contributed by atoms with E-state index in [1.807, 2.05) is 4.90 Å². The third kappa shape index (κ3) is 3.05. The molecule has 3 nitrogen and oxygen atoms in total. The first-order valence-corrected chi connectivity index (χ1v) is 9.09. The Bertz CT molecular complexity index is 464. The molecule has 2 heterocycles. The van der Waals surface area contributed by atoms with E-state index in [9.17, 15) is 4.79 Å². The van der Waals surface area contributed by atoms with Crippen molar-refractivity contribution in [3.63, 3.8) is 0 Å². The molecule has 0 radical (unpaired) electrons. The molecular weight excluding hydrogens is 336 g/mol. The molecule has 0 aromatic heterocycles. The average Bonchev–Trinajstić information content (AvgIpc) is 2.91. The number of alkyl halides is 1. The van der Waals surface area contributed by atoms with Crippen LogP contribution in [-0.4, -0.2) is 59.0 Å². The van der Waals surface area contributed by atoms with Gasteiger partial charge in [-0.15, -0.1) is 11.8 Å². The fourth-order valence-electron chi connectivity index (χ4n) is 2.83. The molecule has 0 saturated carbocycles. The zero-order valence-electron chi connectivity index (χ0n) is 11.4. The third-order valence-corrected chi connectivity index (χ3v) is 5.67. The Kier molecular flexibility index (Phi) is 4.68. The van der Waals surface area contributed by atoms with Gasteiger partial charge in [0.15, 0.2) is 0 Å². The van der Waals surface area contributed by atoms with Gasteiger partial charge in [-0.3, -0.25) is 9.69 Å². The second kappa shape index (κ2) is 6.50. The molecule has 1 unspecified atom stereocenters. The lowest BCUT2D eigenvalue weighted by molar-refractivity contribution is -0.132. The summed E-state index contributed by atoms with van der Waals surface area (Å²) >= 11 is 5.21. The van der Waals surface area contributed by atoms with Gasteiger partial charge < -0.3 is 4.90 Å². The minimum Gasteiger partial charge on any atom is -0.339 e. The van der Waals surface area contributed by atoms with E-state index in [0.717, 1.165) is 44.5 Å². The second-order valence-electron chi connectivity index (χ2n) is 5.27. The van der Waals surface area contributed by atoms with Crippen molar-refractivity contribution in [3.8, 4) is 0 Å². The van der Waals surface area contributed by atoms with Crippen LogP contribution in [0.25, 0.3) is 0 Å². The number of nitrogens with zero attached hydrogens (tertiary/aromatic N) is 2. The number of halogens is 1. The summed E-state index contributed by atoms with van der Waals surface area (Å²) in [5.41, 5.74) is 1.33. The largest absolute Gasteiger partial charge is 0.339 e. The summed E-state index contributed by atoms with van der Waals surface area (Å²) in [6, 6.07) is 8.38. The number of hydrogen-bond donors (Lipinski definition) is 0. The molecule has 1 fully saturated rings. The van der Waals surface area contributed by atoms with Gasteiger partial charge in [0, 0.05) is 42.9 Å². The number of amides is 1. The van der Waals surface area contributed by atoms with E-state index in [1.165, 1.54) is 10.5 Å². The first kappa shape index (κ1) is 14.4. The van der Waals surface area contributed by atoms with Gasteiger partial charge in [-0.1, -0.05) is 34.1 Å². The maximum atomic E-state index is 12.6. The number of thioether (sulfide) groups is 1. The van der Waals surface area contributed by atoms with Crippen LogP contribution in [0, 0.1) is 0 Å². The monoisotopic (exact) mass is 354 g/mol. The highest BCUT2D eigenvalue weighted by molar-refractivity contribution is 9.09. The Morgan fingerprint density at radius 3 is 2.70 bits per heavy atom. The molecule has 3 rings (SSSR count). The van der Waals surface area contributed by atoms with Crippen molar-refractivity contribution in [2.45, 2.75) is 16.6 Å². The molecule has 108 valence electrons. The molecule has 0 bridgehead atoms. The minimum absolute atomic E-state index is 0.0927. The van der Waals surface area contributed by atoms with Gasteiger partial charge in [0.1, 0.15) is 0 Å². The first-order valence-electron chi connectivity index (χ1n) is 7.09. The zero-order chi connectivity index (χ0) is 13.9. The van der Waals surface area contributed by atoms with E-state index in [1.54, 1.807) is 11.8 Å². The van der Waals surface area contributed by atoms with Gasteiger partial charge in [0.25, 0.3) is 0 Å². The lowest BCUT2D eigenvalue weighted by atomic mass is 10.1. The Balaban J connectivity index is 1.56. The molecular formula is C15H19BrN2OS. The fraction of sp³-hybridized carbons (Fsp3) is 0.533. The van der Waals surface area contributed by atoms with E-state index >= 15 is 0 Å². The average molecular weight is 355 g/mol. The number of fused-ring (bicyclic) bond motifs is 1. The summed E-state index contributed by atoms with van der Waals surface area (Å²) in [4.78, 5) is 18.4. The van der Waals surface area contributed by atoms with Crippen LogP contribution in [0.15, 0.2) is 29.2 Å². The maximum Gasteiger partial charge on any atom is 0.236 e.